The molecule has 0 unspecified atom stereocenters. The Balaban J connectivity index is 1.66. The molecule has 0 radical (unpaired) electrons. The average Bonchev–Trinajstić information content (AvgIpc) is 3.30. The molecule has 1 aliphatic heterocycles. The summed E-state index contributed by atoms with van der Waals surface area (Å²) in [6, 6.07) is 7.71. The normalized spacial score (nSPS) is 20.2. The zero-order valence-electron chi connectivity index (χ0n) is 19.0. The second kappa shape index (κ2) is 10.2. The summed E-state index contributed by atoms with van der Waals surface area (Å²) in [5.41, 5.74) is 1.56. The third kappa shape index (κ3) is 5.06. The van der Waals surface area contributed by atoms with Crippen LogP contribution in [0.2, 0.25) is 0 Å². The number of ether oxygens (including phenoxy) is 2. The van der Waals surface area contributed by atoms with E-state index in [4.69, 9.17) is 14.6 Å². The van der Waals surface area contributed by atoms with Crippen molar-refractivity contribution in [1.29, 1.82) is 0 Å². The van der Waals surface area contributed by atoms with Crippen LogP contribution >= 0.6 is 0 Å². The molecule has 34 heavy (non-hydrogen) atoms. The first-order chi connectivity index (χ1) is 16.4. The smallest absolute Gasteiger partial charge is 0.230 e. The molecule has 3 aromatic rings. The Labute approximate surface area is 196 Å². The second-order valence-corrected chi connectivity index (χ2v) is 8.22. The molecule has 0 bridgehead atoms. The summed E-state index contributed by atoms with van der Waals surface area (Å²) in [7, 11) is 1.57. The predicted octanol–water partition coefficient (Wildman–Crippen LogP) is 2.26. The summed E-state index contributed by atoms with van der Waals surface area (Å²) in [5, 5.41) is 14.7. The maximum atomic E-state index is 13.5. The number of nitrogens with zero attached hydrogens (tertiary/aromatic N) is 3. The number of aliphatic hydroxyl groups excluding tert-OH is 1. The lowest BCUT2D eigenvalue weighted by Gasteiger charge is -2.34. The van der Waals surface area contributed by atoms with Crippen LogP contribution in [0.15, 0.2) is 36.5 Å². The van der Waals surface area contributed by atoms with Crippen LogP contribution in [0.25, 0.3) is 22.6 Å². The van der Waals surface area contributed by atoms with Gasteiger partial charge in [-0.25, -0.2) is 19.3 Å². The molecule has 1 aromatic carbocycles. The fourth-order valence-electron chi connectivity index (χ4n) is 3.57. The molecule has 2 aromatic heterocycles. The Morgan fingerprint density at radius 1 is 1.24 bits per heavy atom. The van der Waals surface area contributed by atoms with E-state index in [2.05, 4.69) is 30.6 Å². The average molecular weight is 471 g/mol. The number of anilines is 1. The highest BCUT2D eigenvalue weighted by Crippen LogP contribution is 2.35. The lowest BCUT2D eigenvalue weighted by atomic mass is 9.91. The minimum absolute atomic E-state index is 0.0612. The summed E-state index contributed by atoms with van der Waals surface area (Å²) < 4.78 is 25.2. The van der Waals surface area contributed by atoms with Crippen molar-refractivity contribution in [2.75, 3.05) is 38.7 Å². The molecular formula is C23H27FN6O4. The van der Waals surface area contributed by atoms with Gasteiger partial charge in [0.2, 0.25) is 18.1 Å². The molecule has 0 saturated carbocycles. The van der Waals surface area contributed by atoms with Crippen LogP contribution in [0.5, 0.6) is 0 Å². The molecular weight excluding hydrogens is 443 g/mol. The highest BCUT2D eigenvalue weighted by Gasteiger charge is 2.40. The van der Waals surface area contributed by atoms with E-state index < -0.39 is 11.7 Å². The zero-order valence-corrected chi connectivity index (χ0v) is 19.0. The molecule has 4 rings (SSSR count). The summed E-state index contributed by atoms with van der Waals surface area (Å²) in [4.78, 5) is 28.8. The molecule has 1 fully saturated rings. The van der Waals surface area contributed by atoms with Gasteiger partial charge < -0.3 is 30.2 Å². The molecule has 10 nitrogen and oxygen atoms in total. The van der Waals surface area contributed by atoms with Crippen molar-refractivity contribution in [3.63, 3.8) is 0 Å². The molecule has 3 heterocycles. The largest absolute Gasteiger partial charge is 0.396 e. The lowest BCUT2D eigenvalue weighted by Crippen LogP contribution is -2.47. The van der Waals surface area contributed by atoms with Gasteiger partial charge in [0.15, 0.2) is 5.82 Å². The number of carbonyl (C=O) groups excluding carboxylic acids is 1. The van der Waals surface area contributed by atoms with Gasteiger partial charge in [-0.15, -0.1) is 0 Å². The first-order valence-corrected chi connectivity index (χ1v) is 10.9. The van der Waals surface area contributed by atoms with E-state index >= 15 is 0 Å². The van der Waals surface area contributed by atoms with Crippen molar-refractivity contribution in [2.45, 2.75) is 19.6 Å². The lowest BCUT2D eigenvalue weighted by molar-refractivity contribution is -0.230. The quantitative estimate of drug-likeness (QED) is 0.369. The van der Waals surface area contributed by atoms with E-state index in [1.165, 1.54) is 12.1 Å². The summed E-state index contributed by atoms with van der Waals surface area (Å²) in [5.74, 6) is 0.284. The number of amides is 1. The molecule has 0 spiro atoms. The zero-order chi connectivity index (χ0) is 24.1. The van der Waals surface area contributed by atoms with Crippen molar-refractivity contribution in [2.24, 2.45) is 5.41 Å². The molecule has 0 aliphatic carbocycles. The van der Waals surface area contributed by atoms with Crippen LogP contribution in [0.3, 0.4) is 0 Å². The summed E-state index contributed by atoms with van der Waals surface area (Å²) in [6.07, 6.45) is 1.37. The maximum absolute atomic E-state index is 13.5. The van der Waals surface area contributed by atoms with E-state index in [9.17, 15) is 9.18 Å². The first-order valence-electron chi connectivity index (χ1n) is 10.9. The summed E-state index contributed by atoms with van der Waals surface area (Å²) >= 11 is 0. The molecule has 11 heteroatoms. The van der Waals surface area contributed by atoms with Gasteiger partial charge in [-0.1, -0.05) is 0 Å². The molecule has 4 N–H and O–H groups in total. The van der Waals surface area contributed by atoms with Gasteiger partial charge in [0.05, 0.1) is 35.7 Å². The maximum Gasteiger partial charge on any atom is 0.230 e. The van der Waals surface area contributed by atoms with Gasteiger partial charge in [-0.05, 0) is 43.7 Å². The number of aromatic nitrogens is 4. The fraction of sp³-hybridized carbons (Fsp3) is 0.391. The number of imidazole rings is 1. The molecule has 180 valence electrons. The second-order valence-electron chi connectivity index (χ2n) is 8.22. The Hall–Kier alpha value is -3.41. The van der Waals surface area contributed by atoms with E-state index in [0.717, 1.165) is 0 Å². The number of hydrogen-bond donors (Lipinski definition) is 4. The standard InChI is InChI=1S/C23H27FN6O4/c1-23(21(32)25-2)12-33-20(34-13-23)19-29-17(14-4-6-15(24)7-5-14)18(30-19)16-8-10-27-22(28-16)26-9-3-11-31/h4-8,10,20,31H,3,9,11-13H2,1-2H3,(H,25,32)(H,29,30)(H,26,27,28). The topological polar surface area (TPSA) is 134 Å². The summed E-state index contributed by atoms with van der Waals surface area (Å²) in [6.45, 7) is 2.67. The number of halogens is 1. The van der Waals surface area contributed by atoms with Crippen LogP contribution in [0.4, 0.5) is 10.3 Å². The number of aliphatic hydroxyl groups is 1. The number of hydrogen-bond acceptors (Lipinski definition) is 8. The van der Waals surface area contributed by atoms with E-state index in [-0.39, 0.29) is 31.5 Å². The molecule has 1 saturated heterocycles. The van der Waals surface area contributed by atoms with Crippen LogP contribution in [-0.2, 0) is 14.3 Å². The number of rotatable bonds is 8. The highest BCUT2D eigenvalue weighted by molar-refractivity contribution is 5.82. The van der Waals surface area contributed by atoms with Gasteiger partial charge in [-0.3, -0.25) is 4.79 Å². The van der Waals surface area contributed by atoms with Crippen molar-refractivity contribution in [3.05, 3.63) is 48.2 Å². The van der Waals surface area contributed by atoms with Crippen LogP contribution < -0.4 is 10.6 Å². The van der Waals surface area contributed by atoms with Crippen LogP contribution in [-0.4, -0.2) is 64.4 Å². The fourth-order valence-corrected chi connectivity index (χ4v) is 3.57. The minimum Gasteiger partial charge on any atom is -0.396 e. The number of benzene rings is 1. The van der Waals surface area contributed by atoms with Crippen molar-refractivity contribution >= 4 is 11.9 Å². The van der Waals surface area contributed by atoms with E-state index in [0.29, 0.717) is 47.4 Å². The Bertz CT molecular complexity index is 1130. The van der Waals surface area contributed by atoms with Crippen molar-refractivity contribution in [1.82, 2.24) is 25.3 Å². The third-order valence-corrected chi connectivity index (χ3v) is 5.47. The van der Waals surface area contributed by atoms with Gasteiger partial charge in [0.25, 0.3) is 0 Å². The molecule has 1 amide bonds. The van der Waals surface area contributed by atoms with Gasteiger partial charge >= 0.3 is 0 Å². The number of nitrogens with one attached hydrogen (secondary N) is 3. The van der Waals surface area contributed by atoms with Crippen molar-refractivity contribution in [3.8, 4) is 22.6 Å². The predicted molar refractivity (Wildman–Crippen MR) is 122 cm³/mol. The van der Waals surface area contributed by atoms with Crippen LogP contribution in [0.1, 0.15) is 25.5 Å². The SMILES string of the molecule is CNC(=O)C1(C)COC(c2nc(-c3ccc(F)cc3)c(-c3ccnc(NCCCO)n3)[nH]2)OC1. The van der Waals surface area contributed by atoms with Gasteiger partial charge in [0, 0.05) is 32.0 Å². The van der Waals surface area contributed by atoms with Gasteiger partial charge in [0.1, 0.15) is 5.82 Å². The Morgan fingerprint density at radius 3 is 2.65 bits per heavy atom. The first kappa shape index (κ1) is 23.7. The van der Waals surface area contributed by atoms with Crippen molar-refractivity contribution < 1.29 is 23.8 Å². The number of carbonyl (C=O) groups is 1. The van der Waals surface area contributed by atoms with E-state index in [1.54, 1.807) is 38.4 Å². The highest BCUT2D eigenvalue weighted by atomic mass is 19.1. The third-order valence-electron chi connectivity index (χ3n) is 5.47. The minimum atomic E-state index is -0.810. The molecule has 1 aliphatic rings. The number of H-pyrrole nitrogens is 1. The number of aromatic amines is 1. The Morgan fingerprint density at radius 2 is 1.97 bits per heavy atom. The van der Waals surface area contributed by atoms with E-state index in [1.807, 2.05) is 0 Å². The molecule has 0 atom stereocenters. The Kier molecular flexibility index (Phi) is 7.15. The monoisotopic (exact) mass is 470 g/mol. The van der Waals surface area contributed by atoms with Gasteiger partial charge in [-0.2, -0.15) is 0 Å². The van der Waals surface area contributed by atoms with Crippen LogP contribution in [0, 0.1) is 11.2 Å².